The van der Waals surface area contributed by atoms with Crippen molar-refractivity contribution in [2.75, 3.05) is 0 Å². The SMILES string of the molecule is CCCCCCCCCCCc1csc2c1sc1c2nc2c3nc4c5scc(CCCCCCCCCCC)c5sc4c3c3[nH]s[nH]c3c21.CCCCCCCCCCCc1csc2c1sc1c3c4nsnc4c4c5sc6c(CCCCCCCCCCC)csc6c5n(CC(CCCC)CCCCCC)c4c3n(CC(CCCC)CCCCCC)c21. The molecule has 0 radical (unpaired) electrons. The molecule has 664 valence electrons. The Morgan fingerprint density at radius 1 is 0.254 bits per heavy atom. The number of aromatic amines is 2. The summed E-state index contributed by atoms with van der Waals surface area (Å²) in [4.78, 5) is 10.8. The van der Waals surface area contributed by atoms with Crippen LogP contribution in [0.1, 0.15) is 412 Å². The molecular weight excluding hydrogens is 1680 g/mol. The summed E-state index contributed by atoms with van der Waals surface area (Å²) >= 11 is 19.1. The van der Waals surface area contributed by atoms with Crippen LogP contribution in [0.4, 0.5) is 0 Å². The third kappa shape index (κ3) is 21.3. The van der Waals surface area contributed by atoms with Gasteiger partial charge in [0.25, 0.3) is 0 Å². The third-order valence-electron chi connectivity index (χ3n) is 27.6. The van der Waals surface area contributed by atoms with E-state index in [1.165, 1.54) is 497 Å². The van der Waals surface area contributed by atoms with E-state index in [2.05, 4.69) is 140 Å². The number of aryl methyl sites for hydroxylation is 4. The average Bonchev–Trinajstić information content (AvgIpc) is 1.51. The maximum atomic E-state index is 5.41. The van der Waals surface area contributed by atoms with Gasteiger partial charge in [-0.25, -0.2) is 9.97 Å². The molecule has 2 aromatic carbocycles. The predicted octanol–water partition coefficient (Wildman–Crippen LogP) is 39.8. The first kappa shape index (κ1) is 92.6. The van der Waals surface area contributed by atoms with Gasteiger partial charge in [-0.3, -0.25) is 8.75 Å². The van der Waals surface area contributed by atoms with E-state index in [1.807, 2.05) is 45.3 Å². The molecule has 8 nitrogen and oxygen atoms in total. The Labute approximate surface area is 771 Å². The number of nitrogens with one attached hydrogen (secondary N) is 2. The largest absolute Gasteiger partial charge is 0.337 e. The third-order valence-corrected chi connectivity index (χ3v) is 38.5. The van der Waals surface area contributed by atoms with Gasteiger partial charge in [0.05, 0.1) is 101 Å². The molecule has 0 aliphatic heterocycles. The normalized spacial score (nSPS) is 13.1. The van der Waals surface area contributed by atoms with Crippen molar-refractivity contribution in [1.29, 1.82) is 0 Å². The van der Waals surface area contributed by atoms with Crippen molar-refractivity contribution in [2.24, 2.45) is 11.8 Å². The van der Waals surface area contributed by atoms with Gasteiger partial charge in [-0.1, -0.05) is 338 Å². The quantitative estimate of drug-likeness (QED) is 0.0372. The Morgan fingerprint density at radius 2 is 0.525 bits per heavy atom. The van der Waals surface area contributed by atoms with Crippen LogP contribution in [0.15, 0.2) is 21.5 Å². The zero-order valence-corrected chi connectivity index (χ0v) is 84.4. The van der Waals surface area contributed by atoms with Crippen LogP contribution in [-0.4, -0.2) is 36.6 Å². The highest BCUT2D eigenvalue weighted by molar-refractivity contribution is 7.35. The number of rotatable bonds is 60. The van der Waals surface area contributed by atoms with E-state index >= 15 is 0 Å². The molecule has 122 heavy (non-hydrogen) atoms. The number of unbranched alkanes of at least 4 members (excludes halogenated alkanes) is 40. The molecule has 2 N–H and O–H groups in total. The van der Waals surface area contributed by atoms with Crippen molar-refractivity contribution < 1.29 is 0 Å². The second-order valence-corrected chi connectivity index (χ2v) is 45.9. The lowest BCUT2D eigenvalue weighted by Crippen LogP contribution is -2.14. The van der Waals surface area contributed by atoms with Gasteiger partial charge in [-0.05, 0) is 133 Å². The van der Waals surface area contributed by atoms with E-state index < -0.39 is 0 Å². The molecule has 2 atom stereocenters. The number of aromatic nitrogens is 8. The molecule has 14 aromatic heterocycles. The Kier molecular flexibility index (Phi) is 36.0. The number of benzene rings is 2. The number of hydrogen-bond acceptors (Lipinski definition) is 14. The molecule has 16 rings (SSSR count). The van der Waals surface area contributed by atoms with Gasteiger partial charge in [0.2, 0.25) is 0 Å². The van der Waals surface area contributed by atoms with E-state index in [0.717, 1.165) is 24.1 Å². The van der Waals surface area contributed by atoms with Crippen molar-refractivity contribution in [2.45, 2.75) is 428 Å². The Hall–Kier alpha value is -4.08. The molecule has 0 aliphatic rings. The number of nitrogens with zero attached hydrogens (tertiary/aromatic N) is 6. The molecule has 2 unspecified atom stereocenters. The van der Waals surface area contributed by atoms with Crippen molar-refractivity contribution in [3.63, 3.8) is 0 Å². The lowest BCUT2D eigenvalue weighted by molar-refractivity contribution is 0.368. The summed E-state index contributed by atoms with van der Waals surface area (Å²) < 4.78 is 41.5. The standard InChI is InChI=1S/C64H98N4S5.C40H50N4S5/c1-7-13-19-23-25-27-29-31-35-41-49-45-69-63-57-61(71-59(49)63)51-53-54(66-73-65-53)52-56(55(51)67(57)43-47(37-17-11-5)39-33-21-15-9-3)68(44-48(38-18-12-6)40-34-22-16-10-4)58-62(52)72-60-50(46-70-64(58)60)42-36-32-30-28-26-24-20-14-8-2;1-3-5-7-9-11-13-15-17-19-21-25-23-45-39-33-37(47-35(25)39)27-29(41-33)30-28(32-31(27)43-49-44-32)38-34(42-30)40-36(48-38)26(24-46-40)22-20-18-16-14-12-10-8-6-4-2/h45-48H,7-44H2,1-6H3;23-24,43-44H,3-22H2,1-2H3. The van der Waals surface area contributed by atoms with Gasteiger partial charge >= 0.3 is 0 Å². The van der Waals surface area contributed by atoms with E-state index in [9.17, 15) is 0 Å². The monoisotopic (exact) mass is 1830 g/mol. The first-order valence-corrected chi connectivity index (χ1v) is 58.5. The lowest BCUT2D eigenvalue weighted by atomic mass is 9.94. The summed E-state index contributed by atoms with van der Waals surface area (Å²) in [6, 6.07) is 0. The summed E-state index contributed by atoms with van der Waals surface area (Å²) in [6.45, 7) is 21.0. The summed E-state index contributed by atoms with van der Waals surface area (Å²) in [6.07, 6.45) is 75.7. The molecule has 0 saturated heterocycles. The highest BCUT2D eigenvalue weighted by Crippen LogP contribution is 2.56. The molecule has 16 aromatic rings. The van der Waals surface area contributed by atoms with Crippen molar-refractivity contribution >= 4 is 258 Å². The maximum absolute atomic E-state index is 5.41. The van der Waals surface area contributed by atoms with Crippen LogP contribution in [0.5, 0.6) is 0 Å². The van der Waals surface area contributed by atoms with Gasteiger partial charge in [-0.2, -0.15) is 8.75 Å². The molecular formula is C104H148N8S10. The molecule has 0 fully saturated rings. The minimum absolute atomic E-state index is 0.666. The van der Waals surface area contributed by atoms with Crippen LogP contribution in [0.25, 0.3) is 144 Å². The zero-order valence-electron chi connectivity index (χ0n) is 76.2. The van der Waals surface area contributed by atoms with Gasteiger partial charge in [0.15, 0.2) is 0 Å². The Morgan fingerprint density at radius 3 is 0.844 bits per heavy atom. The fraction of sp³-hybridized carbons (Fsp3) is 0.654. The van der Waals surface area contributed by atoms with Crippen molar-refractivity contribution in [1.82, 2.24) is 36.6 Å². The highest BCUT2D eigenvalue weighted by Gasteiger charge is 2.34. The first-order valence-electron chi connectivity index (χ1n) is 50.2. The fourth-order valence-electron chi connectivity index (χ4n) is 20.5. The number of hydrogen-bond donors (Lipinski definition) is 2. The van der Waals surface area contributed by atoms with Crippen LogP contribution < -0.4 is 0 Å². The smallest absolute Gasteiger partial charge is 0.116 e. The highest BCUT2D eigenvalue weighted by atomic mass is 32.1. The average molecular weight is 1830 g/mol. The second-order valence-electron chi connectivity index (χ2n) is 37.2. The maximum Gasteiger partial charge on any atom is 0.116 e. The van der Waals surface area contributed by atoms with E-state index in [4.69, 9.17) is 18.7 Å². The molecule has 14 heterocycles. The Bertz CT molecular complexity index is 5490. The minimum Gasteiger partial charge on any atom is -0.337 e. The van der Waals surface area contributed by atoms with Crippen LogP contribution >= 0.6 is 114 Å². The molecule has 18 heteroatoms. The van der Waals surface area contributed by atoms with Gasteiger partial charge in [-0.15, -0.1) is 90.7 Å². The topological polar surface area (TPSA) is 93.0 Å². The Balaban J connectivity index is 0.000000204. The summed E-state index contributed by atoms with van der Waals surface area (Å²) in [5.74, 6) is 1.33. The number of H-pyrrole nitrogens is 2. The molecule has 0 spiro atoms. The summed E-state index contributed by atoms with van der Waals surface area (Å²) in [5, 5.41) is 15.3. The van der Waals surface area contributed by atoms with Crippen molar-refractivity contribution in [3.8, 4) is 0 Å². The molecule has 0 bridgehead atoms. The fourth-order valence-corrected chi connectivity index (χ4v) is 32.5. The minimum atomic E-state index is 0.666. The molecule has 0 aliphatic carbocycles. The van der Waals surface area contributed by atoms with E-state index in [0.29, 0.717) is 11.8 Å². The lowest BCUT2D eigenvalue weighted by Gasteiger charge is -2.22. The van der Waals surface area contributed by atoms with E-state index in [1.54, 1.807) is 41.7 Å². The first-order chi connectivity index (χ1) is 60.4. The van der Waals surface area contributed by atoms with Crippen LogP contribution in [0, 0.1) is 11.8 Å². The summed E-state index contributed by atoms with van der Waals surface area (Å²) in [7, 11) is 0. The molecule has 0 saturated carbocycles. The number of fused-ring (bicyclic) bond motifs is 28. The second kappa shape index (κ2) is 47.5. The summed E-state index contributed by atoms with van der Waals surface area (Å²) in [5.41, 5.74) is 21.6. The number of thiophene rings is 8. The van der Waals surface area contributed by atoms with Crippen molar-refractivity contribution in [3.05, 3.63) is 43.8 Å². The van der Waals surface area contributed by atoms with Gasteiger partial charge < -0.3 is 9.13 Å². The zero-order chi connectivity index (χ0) is 83.9. The van der Waals surface area contributed by atoms with Gasteiger partial charge in [0, 0.05) is 46.4 Å². The van der Waals surface area contributed by atoms with Crippen LogP contribution in [0.3, 0.4) is 0 Å². The predicted molar refractivity (Wildman–Crippen MR) is 560 cm³/mol. The van der Waals surface area contributed by atoms with E-state index in [-0.39, 0.29) is 0 Å². The van der Waals surface area contributed by atoms with Crippen LogP contribution in [0.2, 0.25) is 0 Å². The molecule has 0 amide bonds. The van der Waals surface area contributed by atoms with Crippen LogP contribution in [-0.2, 0) is 38.8 Å². The van der Waals surface area contributed by atoms with Gasteiger partial charge in [0.1, 0.15) is 33.1 Å².